The number of nitrogens with one attached hydrogen (secondary N) is 1. The highest BCUT2D eigenvalue weighted by atomic mass is 32.2. The van der Waals surface area contributed by atoms with Crippen LogP contribution in [0.25, 0.3) is 0 Å². The molecule has 1 unspecified atom stereocenters. The molecular formula is C11H15NO3S. The predicted octanol–water partition coefficient (Wildman–Crippen LogP) is 0.918. The quantitative estimate of drug-likeness (QED) is 0.825. The fourth-order valence-electron chi connectivity index (χ4n) is 1.91. The summed E-state index contributed by atoms with van der Waals surface area (Å²) in [6, 6.07) is 5.75. The van der Waals surface area contributed by atoms with Gasteiger partial charge in [-0.05, 0) is 43.7 Å². The van der Waals surface area contributed by atoms with Gasteiger partial charge in [-0.15, -0.1) is 0 Å². The van der Waals surface area contributed by atoms with Gasteiger partial charge in [0.15, 0.2) is 9.84 Å². The van der Waals surface area contributed by atoms with Crippen molar-refractivity contribution in [2.75, 3.05) is 12.3 Å². The third kappa shape index (κ3) is 2.54. The monoisotopic (exact) mass is 241 g/mol. The van der Waals surface area contributed by atoms with Gasteiger partial charge in [0.1, 0.15) is 5.75 Å². The maximum absolute atomic E-state index is 12.0. The molecule has 1 aliphatic rings. The number of benzene rings is 1. The molecule has 4 nitrogen and oxygen atoms in total. The highest BCUT2D eigenvalue weighted by Crippen LogP contribution is 2.18. The summed E-state index contributed by atoms with van der Waals surface area (Å²) in [6.07, 6.45) is 1.95. The predicted molar refractivity (Wildman–Crippen MR) is 61.2 cm³/mol. The summed E-state index contributed by atoms with van der Waals surface area (Å²) in [4.78, 5) is 0.277. The van der Waals surface area contributed by atoms with Crippen LogP contribution in [-0.4, -0.2) is 31.9 Å². The zero-order chi connectivity index (χ0) is 11.6. The van der Waals surface area contributed by atoms with Crippen molar-refractivity contribution in [3.63, 3.8) is 0 Å². The Balaban J connectivity index is 2.14. The third-order valence-electron chi connectivity index (χ3n) is 2.78. The van der Waals surface area contributed by atoms with E-state index in [-0.39, 0.29) is 22.4 Å². The van der Waals surface area contributed by atoms with E-state index >= 15 is 0 Å². The number of sulfone groups is 1. The Labute approximate surface area is 95.2 Å². The van der Waals surface area contributed by atoms with E-state index in [1.165, 1.54) is 24.3 Å². The molecule has 0 aliphatic carbocycles. The van der Waals surface area contributed by atoms with Crippen LogP contribution in [-0.2, 0) is 9.84 Å². The zero-order valence-electron chi connectivity index (χ0n) is 8.89. The summed E-state index contributed by atoms with van der Waals surface area (Å²) >= 11 is 0. The minimum absolute atomic E-state index is 0.0683. The van der Waals surface area contributed by atoms with Crippen molar-refractivity contribution >= 4 is 9.84 Å². The number of hydrogen-bond acceptors (Lipinski definition) is 4. The number of hydrogen-bond donors (Lipinski definition) is 2. The molecule has 0 spiro atoms. The normalized spacial score (nSPS) is 21.1. The van der Waals surface area contributed by atoms with Gasteiger partial charge in [-0.25, -0.2) is 8.42 Å². The number of rotatable bonds is 3. The van der Waals surface area contributed by atoms with E-state index in [0.29, 0.717) is 0 Å². The molecule has 1 aromatic carbocycles. The van der Waals surface area contributed by atoms with Crippen LogP contribution < -0.4 is 5.32 Å². The Kier molecular flexibility index (Phi) is 3.16. The van der Waals surface area contributed by atoms with E-state index in [1.807, 2.05) is 0 Å². The minimum Gasteiger partial charge on any atom is -0.508 e. The van der Waals surface area contributed by atoms with Crippen molar-refractivity contribution in [1.82, 2.24) is 5.32 Å². The van der Waals surface area contributed by atoms with Crippen LogP contribution in [0, 0.1) is 0 Å². The third-order valence-corrected chi connectivity index (χ3v) is 4.61. The first-order valence-electron chi connectivity index (χ1n) is 5.33. The molecule has 2 rings (SSSR count). The Hall–Kier alpha value is -1.07. The van der Waals surface area contributed by atoms with E-state index in [2.05, 4.69) is 5.32 Å². The molecular weight excluding hydrogens is 226 g/mol. The summed E-state index contributed by atoms with van der Waals surface area (Å²) in [5.41, 5.74) is 0. The molecule has 88 valence electrons. The van der Waals surface area contributed by atoms with Crippen LogP contribution in [0.5, 0.6) is 5.75 Å². The zero-order valence-corrected chi connectivity index (χ0v) is 9.70. The molecule has 1 heterocycles. The van der Waals surface area contributed by atoms with Gasteiger partial charge < -0.3 is 10.4 Å². The largest absolute Gasteiger partial charge is 0.508 e. The average molecular weight is 241 g/mol. The molecule has 1 aliphatic heterocycles. The molecule has 1 saturated heterocycles. The molecule has 0 aromatic heterocycles. The molecule has 16 heavy (non-hydrogen) atoms. The van der Waals surface area contributed by atoms with Gasteiger partial charge in [0, 0.05) is 6.04 Å². The topological polar surface area (TPSA) is 66.4 Å². The van der Waals surface area contributed by atoms with Gasteiger partial charge in [0.25, 0.3) is 0 Å². The second-order valence-corrected chi connectivity index (χ2v) is 6.10. The van der Waals surface area contributed by atoms with Gasteiger partial charge in [0.2, 0.25) is 0 Å². The number of aromatic hydroxyl groups is 1. The lowest BCUT2D eigenvalue weighted by atomic mass is 10.3. The van der Waals surface area contributed by atoms with Crippen molar-refractivity contribution in [3.8, 4) is 5.75 Å². The van der Waals surface area contributed by atoms with E-state index in [9.17, 15) is 8.42 Å². The van der Waals surface area contributed by atoms with Crippen LogP contribution >= 0.6 is 0 Å². The van der Waals surface area contributed by atoms with Crippen molar-refractivity contribution in [2.45, 2.75) is 23.8 Å². The van der Waals surface area contributed by atoms with Gasteiger partial charge in [-0.1, -0.05) is 0 Å². The smallest absolute Gasteiger partial charge is 0.179 e. The lowest BCUT2D eigenvalue weighted by molar-refractivity contribution is 0.474. The van der Waals surface area contributed by atoms with Crippen LogP contribution in [0.2, 0.25) is 0 Å². The molecule has 5 heteroatoms. The molecule has 1 aromatic rings. The fourth-order valence-corrected chi connectivity index (χ4v) is 3.47. The summed E-state index contributed by atoms with van der Waals surface area (Å²) < 4.78 is 24.0. The van der Waals surface area contributed by atoms with Gasteiger partial charge >= 0.3 is 0 Å². The first-order chi connectivity index (χ1) is 7.58. The Morgan fingerprint density at radius 3 is 2.56 bits per heavy atom. The Morgan fingerprint density at radius 1 is 1.31 bits per heavy atom. The van der Waals surface area contributed by atoms with Crippen LogP contribution in [0.15, 0.2) is 29.2 Å². The highest BCUT2D eigenvalue weighted by Gasteiger charge is 2.23. The summed E-state index contributed by atoms with van der Waals surface area (Å²) in [6.45, 7) is 0.899. The first-order valence-corrected chi connectivity index (χ1v) is 6.98. The molecule has 0 bridgehead atoms. The second-order valence-electron chi connectivity index (χ2n) is 4.07. The summed E-state index contributed by atoms with van der Waals surface area (Å²) in [5.74, 6) is 0.218. The minimum atomic E-state index is -3.23. The molecule has 2 N–H and O–H groups in total. The fraction of sp³-hybridized carbons (Fsp3) is 0.455. The van der Waals surface area contributed by atoms with Crippen molar-refractivity contribution < 1.29 is 13.5 Å². The maximum atomic E-state index is 12.0. The molecule has 1 atom stereocenters. The lowest BCUT2D eigenvalue weighted by Gasteiger charge is -2.10. The average Bonchev–Trinajstić information content (AvgIpc) is 2.70. The SMILES string of the molecule is O=S(=O)(CC1CCCN1)c1ccc(O)cc1. The van der Waals surface area contributed by atoms with E-state index in [1.54, 1.807) is 0 Å². The Morgan fingerprint density at radius 2 is 2.00 bits per heavy atom. The molecule has 0 amide bonds. The molecule has 0 saturated carbocycles. The summed E-state index contributed by atoms with van der Waals surface area (Å²) in [7, 11) is -3.23. The van der Waals surface area contributed by atoms with Gasteiger partial charge in [0.05, 0.1) is 10.6 Å². The van der Waals surface area contributed by atoms with Crippen molar-refractivity contribution in [2.24, 2.45) is 0 Å². The van der Waals surface area contributed by atoms with Crippen LogP contribution in [0.4, 0.5) is 0 Å². The second kappa shape index (κ2) is 4.43. The molecule has 0 radical (unpaired) electrons. The first kappa shape index (κ1) is 11.4. The van der Waals surface area contributed by atoms with E-state index in [4.69, 9.17) is 5.11 Å². The molecule has 1 fully saturated rings. The van der Waals surface area contributed by atoms with Crippen molar-refractivity contribution in [1.29, 1.82) is 0 Å². The van der Waals surface area contributed by atoms with Crippen LogP contribution in [0.1, 0.15) is 12.8 Å². The highest BCUT2D eigenvalue weighted by molar-refractivity contribution is 7.91. The van der Waals surface area contributed by atoms with Crippen LogP contribution in [0.3, 0.4) is 0 Å². The number of phenolic OH excluding ortho intramolecular Hbond substituents is 1. The van der Waals surface area contributed by atoms with Crippen molar-refractivity contribution in [3.05, 3.63) is 24.3 Å². The maximum Gasteiger partial charge on any atom is 0.179 e. The lowest BCUT2D eigenvalue weighted by Crippen LogP contribution is -2.29. The summed E-state index contributed by atoms with van der Waals surface area (Å²) in [5, 5.41) is 12.3. The van der Waals surface area contributed by atoms with Gasteiger partial charge in [-0.2, -0.15) is 0 Å². The Bertz CT molecular complexity index is 447. The standard InChI is InChI=1S/C11H15NO3S/c13-10-3-5-11(6-4-10)16(14,15)8-9-2-1-7-12-9/h3-6,9,12-13H,1-2,7-8H2. The van der Waals surface area contributed by atoms with E-state index < -0.39 is 9.84 Å². The number of phenols is 1. The van der Waals surface area contributed by atoms with E-state index in [0.717, 1.165) is 19.4 Å². The van der Waals surface area contributed by atoms with Gasteiger partial charge in [-0.3, -0.25) is 0 Å².